The predicted molar refractivity (Wildman–Crippen MR) is 70.5 cm³/mol. The fraction of sp³-hybridized carbons (Fsp3) is 0.300. The van der Waals surface area contributed by atoms with E-state index in [1.165, 1.54) is 18.2 Å². The van der Waals surface area contributed by atoms with Crippen molar-refractivity contribution in [3.8, 4) is 0 Å². The minimum absolute atomic E-state index is 0.0404. The van der Waals surface area contributed by atoms with Gasteiger partial charge in [-0.15, -0.1) is 0 Å². The molecule has 1 aromatic rings. The van der Waals surface area contributed by atoms with Crippen molar-refractivity contribution in [2.75, 3.05) is 5.75 Å². The first-order valence-electron chi connectivity index (χ1n) is 5.06. The minimum Gasteiger partial charge on any atom is -0.481 e. The van der Waals surface area contributed by atoms with Crippen LogP contribution in [0.5, 0.6) is 0 Å². The van der Waals surface area contributed by atoms with Gasteiger partial charge < -0.3 is 5.11 Å². The topological polar surface area (TPSA) is 115 Å². The van der Waals surface area contributed by atoms with Gasteiger partial charge in [-0.25, -0.2) is 8.42 Å². The Balaban J connectivity index is 2.99. The van der Waals surface area contributed by atoms with E-state index in [1.54, 1.807) is 0 Å². The lowest BCUT2D eigenvalue weighted by atomic mass is 10.2. The molecule has 0 saturated heterocycles. The number of nitro benzene ring substituents is 1. The first-order valence-corrected chi connectivity index (χ1v) is 7.68. The SMILES string of the molecule is O=C(O)CCS(=O)(=O)Cc1ccc(Br)cc1[N+](=O)[O-]. The second-order valence-corrected chi connectivity index (χ2v) is 6.87. The Morgan fingerprint density at radius 3 is 2.58 bits per heavy atom. The fourth-order valence-corrected chi connectivity index (χ4v) is 3.08. The highest BCUT2D eigenvalue weighted by Gasteiger charge is 2.21. The lowest BCUT2D eigenvalue weighted by Crippen LogP contribution is -2.13. The van der Waals surface area contributed by atoms with E-state index in [1.807, 2.05) is 0 Å². The maximum absolute atomic E-state index is 11.7. The first kappa shape index (κ1) is 15.6. The maximum atomic E-state index is 11.7. The van der Waals surface area contributed by atoms with E-state index in [2.05, 4.69) is 15.9 Å². The van der Waals surface area contributed by atoms with Crippen molar-refractivity contribution in [2.45, 2.75) is 12.2 Å². The van der Waals surface area contributed by atoms with Crippen LogP contribution in [0.1, 0.15) is 12.0 Å². The average molecular weight is 352 g/mol. The third-order valence-electron chi connectivity index (χ3n) is 2.25. The molecule has 0 atom stereocenters. The van der Waals surface area contributed by atoms with Gasteiger partial charge in [0, 0.05) is 16.1 Å². The molecule has 1 N–H and O–H groups in total. The summed E-state index contributed by atoms with van der Waals surface area (Å²) >= 11 is 3.06. The molecule has 0 bridgehead atoms. The summed E-state index contributed by atoms with van der Waals surface area (Å²) in [5.74, 6) is -2.33. The second kappa shape index (κ2) is 6.11. The molecular formula is C10H10BrNO6S. The number of carboxylic acid groups (broad SMARTS) is 1. The van der Waals surface area contributed by atoms with Crippen LogP contribution in [0.2, 0.25) is 0 Å². The molecule has 7 nitrogen and oxygen atoms in total. The molecule has 104 valence electrons. The van der Waals surface area contributed by atoms with E-state index in [0.29, 0.717) is 4.47 Å². The molecule has 19 heavy (non-hydrogen) atoms. The van der Waals surface area contributed by atoms with E-state index in [9.17, 15) is 23.3 Å². The van der Waals surface area contributed by atoms with Gasteiger partial charge in [0.1, 0.15) is 0 Å². The summed E-state index contributed by atoms with van der Waals surface area (Å²) in [7, 11) is -3.70. The Labute approximate surface area is 117 Å². The molecule has 0 unspecified atom stereocenters. The Hall–Kier alpha value is -1.48. The number of hydrogen-bond donors (Lipinski definition) is 1. The molecule has 0 heterocycles. The van der Waals surface area contributed by atoms with Gasteiger partial charge in [-0.1, -0.05) is 22.0 Å². The zero-order valence-electron chi connectivity index (χ0n) is 9.58. The van der Waals surface area contributed by atoms with Crippen molar-refractivity contribution in [2.24, 2.45) is 0 Å². The number of aliphatic carboxylic acids is 1. The number of nitrogens with zero attached hydrogens (tertiary/aromatic N) is 1. The van der Waals surface area contributed by atoms with Crippen molar-refractivity contribution in [3.05, 3.63) is 38.3 Å². The van der Waals surface area contributed by atoms with E-state index in [-0.39, 0.29) is 11.3 Å². The first-order chi connectivity index (χ1) is 8.71. The summed E-state index contributed by atoms with van der Waals surface area (Å²) in [5.41, 5.74) is -0.271. The number of carboxylic acids is 1. The number of sulfone groups is 1. The maximum Gasteiger partial charge on any atom is 0.304 e. The van der Waals surface area contributed by atoms with Gasteiger partial charge in [-0.05, 0) is 6.07 Å². The van der Waals surface area contributed by atoms with Crippen LogP contribution in [0.3, 0.4) is 0 Å². The molecule has 9 heteroatoms. The predicted octanol–water partition coefficient (Wildman–Crippen LogP) is 1.75. The van der Waals surface area contributed by atoms with Crippen LogP contribution < -0.4 is 0 Å². The zero-order chi connectivity index (χ0) is 14.6. The smallest absolute Gasteiger partial charge is 0.304 e. The van der Waals surface area contributed by atoms with Crippen LogP contribution in [0.15, 0.2) is 22.7 Å². The zero-order valence-corrected chi connectivity index (χ0v) is 12.0. The number of hydrogen-bond acceptors (Lipinski definition) is 5. The van der Waals surface area contributed by atoms with Crippen LogP contribution in [-0.2, 0) is 20.4 Å². The number of carbonyl (C=O) groups is 1. The molecule has 0 amide bonds. The van der Waals surface area contributed by atoms with Gasteiger partial charge in [0.15, 0.2) is 9.84 Å². The average Bonchev–Trinajstić information content (AvgIpc) is 2.28. The van der Waals surface area contributed by atoms with E-state index in [0.717, 1.165) is 0 Å². The van der Waals surface area contributed by atoms with Crippen LogP contribution in [-0.4, -0.2) is 30.2 Å². The number of halogens is 1. The van der Waals surface area contributed by atoms with Crippen molar-refractivity contribution in [1.29, 1.82) is 0 Å². The van der Waals surface area contributed by atoms with Gasteiger partial charge in [0.25, 0.3) is 5.69 Å². The third-order valence-corrected chi connectivity index (χ3v) is 4.32. The molecule has 1 aromatic carbocycles. The minimum atomic E-state index is -3.70. The molecule has 0 radical (unpaired) electrons. The van der Waals surface area contributed by atoms with Crippen molar-refractivity contribution in [3.63, 3.8) is 0 Å². The number of benzene rings is 1. The van der Waals surface area contributed by atoms with Gasteiger partial charge in [-0.3, -0.25) is 14.9 Å². The van der Waals surface area contributed by atoms with Crippen LogP contribution >= 0.6 is 15.9 Å². The van der Waals surface area contributed by atoms with Crippen molar-refractivity contribution >= 4 is 37.4 Å². The Morgan fingerprint density at radius 1 is 1.42 bits per heavy atom. The Bertz CT molecular complexity index is 612. The highest BCUT2D eigenvalue weighted by molar-refractivity contribution is 9.10. The summed E-state index contributed by atoms with van der Waals surface area (Å²) in [6.07, 6.45) is -0.521. The highest BCUT2D eigenvalue weighted by Crippen LogP contribution is 2.25. The summed E-state index contributed by atoms with van der Waals surface area (Å²) in [6.45, 7) is 0. The second-order valence-electron chi connectivity index (χ2n) is 3.77. The lowest BCUT2D eigenvalue weighted by Gasteiger charge is -2.04. The van der Waals surface area contributed by atoms with Crippen LogP contribution in [0, 0.1) is 10.1 Å². The largest absolute Gasteiger partial charge is 0.481 e. The monoisotopic (exact) mass is 351 g/mol. The molecule has 0 aromatic heterocycles. The van der Waals surface area contributed by atoms with Gasteiger partial charge >= 0.3 is 5.97 Å². The van der Waals surface area contributed by atoms with Gasteiger partial charge in [0.2, 0.25) is 0 Å². The van der Waals surface area contributed by atoms with E-state index < -0.39 is 38.7 Å². The quantitative estimate of drug-likeness (QED) is 0.616. The molecule has 0 fully saturated rings. The highest BCUT2D eigenvalue weighted by atomic mass is 79.9. The van der Waals surface area contributed by atoms with E-state index >= 15 is 0 Å². The molecule has 0 aliphatic carbocycles. The van der Waals surface area contributed by atoms with Crippen LogP contribution in [0.25, 0.3) is 0 Å². The molecule has 0 spiro atoms. The summed E-state index contributed by atoms with van der Waals surface area (Å²) in [6, 6.07) is 4.04. The standard InChI is InChI=1S/C10H10BrNO6S/c11-8-2-1-7(9(5-8)12(15)16)6-19(17,18)4-3-10(13)14/h1-2,5H,3-4,6H2,(H,13,14). The fourth-order valence-electron chi connectivity index (χ4n) is 1.38. The molecule has 0 aliphatic rings. The Morgan fingerprint density at radius 2 is 2.05 bits per heavy atom. The number of nitro groups is 1. The summed E-state index contributed by atoms with van der Waals surface area (Å²) in [4.78, 5) is 20.5. The normalized spacial score (nSPS) is 11.2. The molecule has 0 aliphatic heterocycles. The summed E-state index contributed by atoms with van der Waals surface area (Å²) < 4.78 is 23.8. The molecule has 1 rings (SSSR count). The van der Waals surface area contributed by atoms with Crippen molar-refractivity contribution < 1.29 is 23.2 Å². The number of rotatable bonds is 6. The van der Waals surface area contributed by atoms with Crippen molar-refractivity contribution in [1.82, 2.24) is 0 Å². The van der Waals surface area contributed by atoms with Crippen LogP contribution in [0.4, 0.5) is 5.69 Å². The van der Waals surface area contributed by atoms with E-state index in [4.69, 9.17) is 5.11 Å². The molecule has 0 saturated carbocycles. The Kier molecular flexibility index (Phi) is 5.01. The molecular weight excluding hydrogens is 342 g/mol. The lowest BCUT2D eigenvalue weighted by molar-refractivity contribution is -0.385. The third kappa shape index (κ3) is 4.95. The van der Waals surface area contributed by atoms with Gasteiger partial charge in [0.05, 0.1) is 22.8 Å². The van der Waals surface area contributed by atoms with Gasteiger partial charge in [-0.2, -0.15) is 0 Å². The summed E-state index contributed by atoms with van der Waals surface area (Å²) in [5, 5.41) is 19.3.